The van der Waals surface area contributed by atoms with Gasteiger partial charge in [0.05, 0.1) is 6.54 Å². The molecule has 1 aromatic rings. The van der Waals surface area contributed by atoms with Gasteiger partial charge in [-0.05, 0) is 20.8 Å². The Hall–Kier alpha value is -1.59. The summed E-state index contributed by atoms with van der Waals surface area (Å²) in [7, 11) is 3.80. The highest BCUT2D eigenvalue weighted by molar-refractivity contribution is 5.81. The number of guanidine groups is 1. The molecule has 1 fully saturated rings. The van der Waals surface area contributed by atoms with E-state index in [1.165, 1.54) is 0 Å². The van der Waals surface area contributed by atoms with Gasteiger partial charge in [0, 0.05) is 31.6 Å². The Morgan fingerprint density at radius 1 is 1.30 bits per heavy atom. The zero-order chi connectivity index (χ0) is 15.1. The van der Waals surface area contributed by atoms with E-state index < -0.39 is 0 Å². The first kappa shape index (κ1) is 14.8. The van der Waals surface area contributed by atoms with Crippen molar-refractivity contribution in [2.75, 3.05) is 13.6 Å². The fraction of sp³-hybridized carbons (Fsp3) is 0.786. The molecule has 2 heterocycles. The van der Waals surface area contributed by atoms with E-state index in [1.54, 1.807) is 0 Å². The number of nitrogens with one attached hydrogen (secondary N) is 1. The minimum absolute atomic E-state index is 0.102. The Bertz CT molecular complexity index is 526. The lowest BCUT2D eigenvalue weighted by Crippen LogP contribution is -2.72. The van der Waals surface area contributed by atoms with Crippen LogP contribution in [-0.2, 0) is 13.6 Å². The average molecular weight is 278 g/mol. The van der Waals surface area contributed by atoms with Gasteiger partial charge in [0.15, 0.2) is 11.8 Å². The standard InChI is InChI=1S/C14H26N6/c1-10-17-18-11(19(10)7)8-16-12(15-6)20-9-13(2,3)14(20,4)5/h8-9H2,1-7H3,(H,15,16). The van der Waals surface area contributed by atoms with Crippen molar-refractivity contribution in [1.82, 2.24) is 25.0 Å². The highest BCUT2D eigenvalue weighted by Gasteiger charge is 2.53. The fourth-order valence-corrected chi connectivity index (χ4v) is 2.46. The van der Waals surface area contributed by atoms with Crippen LogP contribution in [0.5, 0.6) is 0 Å². The van der Waals surface area contributed by atoms with Gasteiger partial charge in [-0.15, -0.1) is 10.2 Å². The van der Waals surface area contributed by atoms with Crippen molar-refractivity contribution in [3.05, 3.63) is 11.6 Å². The zero-order valence-corrected chi connectivity index (χ0v) is 13.7. The third-order valence-electron chi connectivity index (χ3n) is 4.94. The highest BCUT2D eigenvalue weighted by atomic mass is 15.4. The normalized spacial score (nSPS) is 20.8. The van der Waals surface area contributed by atoms with Gasteiger partial charge in [-0.3, -0.25) is 4.99 Å². The SMILES string of the molecule is CN=C(NCc1nnc(C)n1C)N1CC(C)(C)C1(C)C. The summed E-state index contributed by atoms with van der Waals surface area (Å²) in [5.74, 6) is 2.76. The van der Waals surface area contributed by atoms with Crippen LogP contribution in [0.4, 0.5) is 0 Å². The van der Waals surface area contributed by atoms with E-state index in [2.05, 4.69) is 53.1 Å². The Morgan fingerprint density at radius 3 is 2.35 bits per heavy atom. The molecule has 0 bridgehead atoms. The Labute approximate surface area is 121 Å². The first-order valence-electron chi connectivity index (χ1n) is 7.04. The molecule has 1 aromatic heterocycles. The number of aryl methyl sites for hydroxylation is 1. The molecule has 0 aliphatic carbocycles. The van der Waals surface area contributed by atoms with E-state index in [9.17, 15) is 0 Å². The molecule has 112 valence electrons. The molecule has 0 atom stereocenters. The summed E-state index contributed by atoms with van der Waals surface area (Å²) in [5.41, 5.74) is 0.399. The maximum absolute atomic E-state index is 4.40. The maximum Gasteiger partial charge on any atom is 0.194 e. The monoisotopic (exact) mass is 278 g/mol. The maximum atomic E-state index is 4.40. The molecular formula is C14H26N6. The molecule has 2 rings (SSSR count). The third kappa shape index (κ3) is 2.17. The summed E-state index contributed by atoms with van der Waals surface area (Å²) in [6.07, 6.45) is 0. The van der Waals surface area contributed by atoms with Gasteiger partial charge in [-0.1, -0.05) is 13.8 Å². The molecule has 0 aromatic carbocycles. The number of nitrogens with zero attached hydrogens (tertiary/aromatic N) is 5. The molecule has 20 heavy (non-hydrogen) atoms. The summed E-state index contributed by atoms with van der Waals surface area (Å²) < 4.78 is 1.99. The smallest absolute Gasteiger partial charge is 0.194 e. The van der Waals surface area contributed by atoms with E-state index in [-0.39, 0.29) is 5.54 Å². The number of rotatable bonds is 2. The van der Waals surface area contributed by atoms with Crippen molar-refractivity contribution in [3.63, 3.8) is 0 Å². The minimum atomic E-state index is 0.102. The van der Waals surface area contributed by atoms with Crippen LogP contribution in [-0.4, -0.2) is 44.8 Å². The molecule has 1 N–H and O–H groups in total. The van der Waals surface area contributed by atoms with Crippen LogP contribution in [0, 0.1) is 12.3 Å². The van der Waals surface area contributed by atoms with Crippen molar-refractivity contribution in [2.24, 2.45) is 17.5 Å². The number of hydrogen-bond acceptors (Lipinski definition) is 3. The molecule has 0 spiro atoms. The van der Waals surface area contributed by atoms with Crippen molar-refractivity contribution in [2.45, 2.75) is 46.7 Å². The van der Waals surface area contributed by atoms with E-state index >= 15 is 0 Å². The molecule has 0 radical (unpaired) electrons. The van der Waals surface area contributed by atoms with Crippen LogP contribution >= 0.6 is 0 Å². The molecule has 0 unspecified atom stereocenters. The van der Waals surface area contributed by atoms with Gasteiger partial charge in [0.25, 0.3) is 0 Å². The van der Waals surface area contributed by atoms with Gasteiger partial charge >= 0.3 is 0 Å². The van der Waals surface area contributed by atoms with E-state index in [0.29, 0.717) is 12.0 Å². The van der Waals surface area contributed by atoms with E-state index in [1.807, 2.05) is 25.6 Å². The lowest BCUT2D eigenvalue weighted by molar-refractivity contribution is -0.0668. The molecular weight excluding hydrogens is 252 g/mol. The first-order chi connectivity index (χ1) is 9.20. The lowest BCUT2D eigenvalue weighted by atomic mass is 9.65. The van der Waals surface area contributed by atoms with Crippen LogP contribution in [0.3, 0.4) is 0 Å². The molecule has 0 amide bonds. The molecule has 1 aliphatic rings. The quantitative estimate of drug-likeness (QED) is 0.655. The molecule has 1 aliphatic heterocycles. The predicted octanol–water partition coefficient (Wildman–Crippen LogP) is 1.32. The van der Waals surface area contributed by atoms with Crippen molar-refractivity contribution >= 4 is 5.96 Å². The second kappa shape index (κ2) is 4.75. The van der Waals surface area contributed by atoms with Crippen LogP contribution in [0.15, 0.2) is 4.99 Å². The summed E-state index contributed by atoms with van der Waals surface area (Å²) in [6.45, 7) is 12.7. The second-order valence-corrected chi connectivity index (χ2v) is 6.65. The van der Waals surface area contributed by atoms with Gasteiger partial charge in [0.1, 0.15) is 5.82 Å². The molecule has 6 nitrogen and oxygen atoms in total. The van der Waals surface area contributed by atoms with Crippen molar-refractivity contribution in [3.8, 4) is 0 Å². The van der Waals surface area contributed by atoms with Gasteiger partial charge < -0.3 is 14.8 Å². The summed E-state index contributed by atoms with van der Waals surface area (Å²) in [6, 6.07) is 0. The van der Waals surface area contributed by atoms with Crippen molar-refractivity contribution in [1.29, 1.82) is 0 Å². The predicted molar refractivity (Wildman–Crippen MR) is 80.5 cm³/mol. The Balaban J connectivity index is 2.04. The van der Waals surface area contributed by atoms with E-state index in [4.69, 9.17) is 0 Å². The third-order valence-corrected chi connectivity index (χ3v) is 4.94. The first-order valence-corrected chi connectivity index (χ1v) is 7.04. The largest absolute Gasteiger partial charge is 0.349 e. The molecule has 1 saturated heterocycles. The topological polar surface area (TPSA) is 58.3 Å². The van der Waals surface area contributed by atoms with Gasteiger partial charge in [-0.2, -0.15) is 0 Å². The Morgan fingerprint density at radius 2 is 1.95 bits per heavy atom. The van der Waals surface area contributed by atoms with Crippen LogP contribution in [0.25, 0.3) is 0 Å². The zero-order valence-electron chi connectivity index (χ0n) is 13.7. The highest BCUT2D eigenvalue weighted by Crippen LogP contribution is 2.46. The number of hydrogen-bond donors (Lipinski definition) is 1. The Kier molecular flexibility index (Phi) is 3.52. The number of likely N-dealkylation sites (tertiary alicyclic amines) is 1. The van der Waals surface area contributed by atoms with Gasteiger partial charge in [0.2, 0.25) is 0 Å². The van der Waals surface area contributed by atoms with Crippen LogP contribution in [0.2, 0.25) is 0 Å². The van der Waals surface area contributed by atoms with Gasteiger partial charge in [-0.25, -0.2) is 0 Å². The number of aliphatic imine (C=N–C) groups is 1. The molecule has 6 heteroatoms. The second-order valence-electron chi connectivity index (χ2n) is 6.65. The summed E-state index contributed by atoms with van der Waals surface area (Å²) >= 11 is 0. The van der Waals surface area contributed by atoms with E-state index in [0.717, 1.165) is 24.2 Å². The van der Waals surface area contributed by atoms with Crippen molar-refractivity contribution < 1.29 is 0 Å². The van der Waals surface area contributed by atoms with Crippen LogP contribution < -0.4 is 5.32 Å². The summed E-state index contributed by atoms with van der Waals surface area (Å²) in [4.78, 5) is 6.71. The lowest BCUT2D eigenvalue weighted by Gasteiger charge is -2.62. The number of aromatic nitrogens is 3. The molecule has 0 saturated carbocycles. The minimum Gasteiger partial charge on any atom is -0.349 e. The fourth-order valence-electron chi connectivity index (χ4n) is 2.46. The summed E-state index contributed by atoms with van der Waals surface area (Å²) in [5, 5.41) is 11.6. The van der Waals surface area contributed by atoms with Crippen LogP contribution in [0.1, 0.15) is 39.3 Å². The average Bonchev–Trinajstić information content (AvgIpc) is 2.69.